The number of carbonyl (C=O) groups excluding carboxylic acids is 1. The average Bonchev–Trinajstić information content (AvgIpc) is 2.52. The van der Waals surface area contributed by atoms with Gasteiger partial charge >= 0.3 is 11.5 Å². The molecule has 0 heterocycles. The van der Waals surface area contributed by atoms with E-state index in [-0.39, 0.29) is 38.2 Å². The minimum Gasteiger partial charge on any atom is -0.454 e. The summed E-state index contributed by atoms with van der Waals surface area (Å²) in [7, 11) is 1.46. The van der Waals surface area contributed by atoms with Crippen molar-refractivity contribution in [2.24, 2.45) is 0 Å². The van der Waals surface area contributed by atoms with Gasteiger partial charge in [0, 0.05) is 17.6 Å². The first kappa shape index (κ1) is 20.5. The molecule has 0 radical (unpaired) electrons. The molecule has 2 amide bonds. The van der Waals surface area contributed by atoms with Gasteiger partial charge in [-0.1, -0.05) is 23.2 Å². The summed E-state index contributed by atoms with van der Waals surface area (Å²) in [6.07, 6.45) is 0. The van der Waals surface area contributed by atoms with Crippen LogP contribution in [0.25, 0.3) is 0 Å². The van der Waals surface area contributed by atoms with Crippen molar-refractivity contribution < 1.29 is 22.7 Å². The van der Waals surface area contributed by atoms with Crippen LogP contribution in [0.15, 0.2) is 35.2 Å². The predicted molar refractivity (Wildman–Crippen MR) is 97.7 cm³/mol. The van der Waals surface area contributed by atoms with Crippen LogP contribution in [0.2, 0.25) is 10.0 Å². The van der Waals surface area contributed by atoms with Crippen LogP contribution in [0, 0.1) is 6.92 Å². The zero-order valence-electron chi connectivity index (χ0n) is 13.5. The summed E-state index contributed by atoms with van der Waals surface area (Å²) >= 11 is 12.1. The Bertz CT molecular complexity index is 809. The Morgan fingerprint density at radius 3 is 2.27 bits per heavy atom. The first-order chi connectivity index (χ1) is 12.1. The molecule has 2 aromatic rings. The summed E-state index contributed by atoms with van der Waals surface area (Å²) in [5, 5.41) is 5.17. The lowest BCUT2D eigenvalue weighted by Crippen LogP contribution is -2.24. The highest BCUT2D eigenvalue weighted by Crippen LogP contribution is 2.42. The quantitative estimate of drug-likeness (QED) is 0.553. The van der Waals surface area contributed by atoms with E-state index in [1.54, 1.807) is 6.92 Å². The number of anilines is 1. The maximum atomic E-state index is 12.5. The molecule has 10 heteroatoms. The van der Waals surface area contributed by atoms with Gasteiger partial charge < -0.3 is 15.4 Å². The van der Waals surface area contributed by atoms with E-state index in [1.165, 1.54) is 37.4 Å². The number of benzene rings is 2. The molecule has 4 nitrogen and oxygen atoms in total. The van der Waals surface area contributed by atoms with Crippen molar-refractivity contribution in [3.8, 4) is 11.5 Å². The number of carbonyl (C=O) groups is 1. The van der Waals surface area contributed by atoms with E-state index in [4.69, 9.17) is 27.9 Å². The molecule has 0 saturated heterocycles. The molecule has 26 heavy (non-hydrogen) atoms. The van der Waals surface area contributed by atoms with Crippen molar-refractivity contribution in [3.05, 3.63) is 45.9 Å². The Morgan fingerprint density at radius 1 is 1.15 bits per heavy atom. The van der Waals surface area contributed by atoms with Crippen LogP contribution in [0.1, 0.15) is 5.56 Å². The van der Waals surface area contributed by atoms with Crippen molar-refractivity contribution in [2.75, 3.05) is 12.4 Å². The highest BCUT2D eigenvalue weighted by atomic mass is 35.5. The molecular weight excluding hydrogens is 412 g/mol. The molecule has 2 rings (SSSR count). The maximum absolute atomic E-state index is 12.5. The van der Waals surface area contributed by atoms with E-state index in [2.05, 4.69) is 10.6 Å². The molecule has 0 aliphatic rings. The van der Waals surface area contributed by atoms with Crippen LogP contribution in [0.3, 0.4) is 0 Å². The molecule has 0 saturated carbocycles. The van der Waals surface area contributed by atoms with Crippen LogP contribution < -0.4 is 15.4 Å². The van der Waals surface area contributed by atoms with E-state index in [9.17, 15) is 18.0 Å². The van der Waals surface area contributed by atoms with Gasteiger partial charge in [-0.2, -0.15) is 13.2 Å². The van der Waals surface area contributed by atoms with Crippen molar-refractivity contribution in [1.29, 1.82) is 0 Å². The molecule has 2 aromatic carbocycles. The maximum Gasteiger partial charge on any atom is 0.446 e. The number of nitrogens with one attached hydrogen (secondary N) is 2. The summed E-state index contributed by atoms with van der Waals surface area (Å²) in [5.41, 5.74) is -3.61. The fourth-order valence-corrected chi connectivity index (χ4v) is 3.14. The summed E-state index contributed by atoms with van der Waals surface area (Å²) in [5.74, 6) is 0.413. The van der Waals surface area contributed by atoms with Crippen molar-refractivity contribution >= 4 is 46.7 Å². The van der Waals surface area contributed by atoms with Gasteiger partial charge in [0.2, 0.25) is 0 Å². The predicted octanol–water partition coefficient (Wildman–Crippen LogP) is 6.46. The molecule has 2 N–H and O–H groups in total. The van der Waals surface area contributed by atoms with Crippen LogP contribution >= 0.6 is 35.0 Å². The number of thioether (sulfide) groups is 1. The van der Waals surface area contributed by atoms with E-state index >= 15 is 0 Å². The Hall–Kier alpha value is -1.77. The zero-order chi connectivity index (χ0) is 19.5. The number of amides is 2. The Kier molecular flexibility index (Phi) is 6.54. The molecule has 0 atom stereocenters. The summed E-state index contributed by atoms with van der Waals surface area (Å²) in [4.78, 5) is 11.4. The lowest BCUT2D eigenvalue weighted by Gasteiger charge is -2.14. The number of halogens is 5. The third kappa shape index (κ3) is 5.62. The van der Waals surface area contributed by atoms with Gasteiger partial charge in [-0.3, -0.25) is 0 Å². The molecule has 0 unspecified atom stereocenters. The lowest BCUT2D eigenvalue weighted by atomic mass is 10.2. The lowest BCUT2D eigenvalue weighted by molar-refractivity contribution is -0.0328. The Morgan fingerprint density at radius 2 is 1.77 bits per heavy atom. The number of alkyl halides is 3. The SMILES string of the molecule is CNC(=O)Nc1cc(Cl)c(Oc2ccc(SC(F)(F)F)c(C)c2)c(Cl)c1. The van der Waals surface area contributed by atoms with Gasteiger partial charge in [-0.15, -0.1) is 0 Å². The van der Waals surface area contributed by atoms with Gasteiger partial charge in [-0.05, 0) is 54.6 Å². The fraction of sp³-hybridized carbons (Fsp3) is 0.188. The highest BCUT2D eigenvalue weighted by molar-refractivity contribution is 8.00. The van der Waals surface area contributed by atoms with E-state index in [0.29, 0.717) is 11.3 Å². The molecule has 0 aromatic heterocycles. The monoisotopic (exact) mass is 424 g/mol. The van der Waals surface area contributed by atoms with E-state index < -0.39 is 11.5 Å². The number of urea groups is 1. The van der Waals surface area contributed by atoms with Gasteiger partial charge in [0.25, 0.3) is 0 Å². The second-order valence-electron chi connectivity index (χ2n) is 5.05. The number of rotatable bonds is 4. The average molecular weight is 425 g/mol. The Labute approximate surface area is 162 Å². The first-order valence-electron chi connectivity index (χ1n) is 7.11. The second kappa shape index (κ2) is 8.28. The molecule has 0 aliphatic carbocycles. The molecule has 0 spiro atoms. The smallest absolute Gasteiger partial charge is 0.446 e. The molecule has 0 fully saturated rings. The zero-order valence-corrected chi connectivity index (χ0v) is 15.8. The van der Waals surface area contributed by atoms with E-state index in [1.807, 2.05) is 0 Å². The highest BCUT2D eigenvalue weighted by Gasteiger charge is 2.30. The third-order valence-corrected chi connectivity index (χ3v) is 4.55. The summed E-state index contributed by atoms with van der Waals surface area (Å²) in [6, 6.07) is 6.60. The van der Waals surface area contributed by atoms with Gasteiger partial charge in [0.1, 0.15) is 5.75 Å². The number of hydrogen-bond acceptors (Lipinski definition) is 3. The number of ether oxygens (including phenoxy) is 1. The molecular formula is C16H13Cl2F3N2O2S. The fourth-order valence-electron chi connectivity index (χ4n) is 1.97. The summed E-state index contributed by atoms with van der Waals surface area (Å²) in [6.45, 7) is 1.54. The van der Waals surface area contributed by atoms with Crippen LogP contribution in [-0.4, -0.2) is 18.6 Å². The van der Waals surface area contributed by atoms with Crippen LogP contribution in [-0.2, 0) is 0 Å². The van der Waals surface area contributed by atoms with E-state index in [0.717, 1.165) is 0 Å². The van der Waals surface area contributed by atoms with Gasteiger partial charge in [-0.25, -0.2) is 4.79 Å². The summed E-state index contributed by atoms with van der Waals surface area (Å²) < 4.78 is 43.1. The topological polar surface area (TPSA) is 50.4 Å². The molecule has 0 bridgehead atoms. The normalized spacial score (nSPS) is 11.2. The minimum absolute atomic E-state index is 0.0761. The van der Waals surface area contributed by atoms with Crippen molar-refractivity contribution in [2.45, 2.75) is 17.3 Å². The standard InChI is InChI=1S/C16H13Cl2F3N2O2S/c1-8-5-10(3-4-13(8)26-16(19,20)21)25-14-11(17)6-9(7-12(14)18)23-15(24)22-2/h3-7H,1-2H3,(H2,22,23,24). The first-order valence-corrected chi connectivity index (χ1v) is 8.68. The third-order valence-electron chi connectivity index (χ3n) is 3.08. The second-order valence-corrected chi connectivity index (χ2v) is 6.97. The number of aryl methyl sites for hydroxylation is 1. The Balaban J connectivity index is 2.23. The largest absolute Gasteiger partial charge is 0.454 e. The van der Waals surface area contributed by atoms with Crippen LogP contribution in [0.4, 0.5) is 23.7 Å². The van der Waals surface area contributed by atoms with Crippen molar-refractivity contribution in [1.82, 2.24) is 5.32 Å². The van der Waals surface area contributed by atoms with Gasteiger partial charge in [0.15, 0.2) is 5.75 Å². The molecule has 140 valence electrons. The van der Waals surface area contributed by atoms with Gasteiger partial charge in [0.05, 0.1) is 10.0 Å². The van der Waals surface area contributed by atoms with Crippen LogP contribution in [0.5, 0.6) is 11.5 Å². The minimum atomic E-state index is -4.37. The number of hydrogen-bond donors (Lipinski definition) is 2. The molecule has 0 aliphatic heterocycles. The van der Waals surface area contributed by atoms with Crippen molar-refractivity contribution in [3.63, 3.8) is 0 Å².